The van der Waals surface area contributed by atoms with Crippen molar-refractivity contribution in [1.29, 1.82) is 0 Å². The summed E-state index contributed by atoms with van der Waals surface area (Å²) in [5.74, 6) is -0.0355. The van der Waals surface area contributed by atoms with Crippen molar-refractivity contribution in [3.8, 4) is 0 Å². The lowest BCUT2D eigenvalue weighted by atomic mass is 10.1. The maximum absolute atomic E-state index is 11.8. The fourth-order valence-electron chi connectivity index (χ4n) is 2.73. The summed E-state index contributed by atoms with van der Waals surface area (Å²) in [6.45, 7) is -0.258. The van der Waals surface area contributed by atoms with Gasteiger partial charge in [-0.05, 0) is 0 Å². The minimum atomic E-state index is -0.693. The highest BCUT2D eigenvalue weighted by molar-refractivity contribution is 7.79. The minimum absolute atomic E-state index is 0.00325. The summed E-state index contributed by atoms with van der Waals surface area (Å²) in [6.07, 6.45) is -0.990. The summed E-state index contributed by atoms with van der Waals surface area (Å²) in [5.41, 5.74) is 5.50. The predicted octanol–water partition coefficient (Wildman–Crippen LogP) is -1.34. The van der Waals surface area contributed by atoms with E-state index in [9.17, 15) is 9.90 Å². The topological polar surface area (TPSA) is 138 Å². The average Bonchev–Trinajstić information content (AvgIpc) is 3.11. The van der Waals surface area contributed by atoms with Crippen molar-refractivity contribution >= 4 is 34.6 Å². The van der Waals surface area contributed by atoms with Crippen LogP contribution in [0.3, 0.4) is 0 Å². The zero-order chi connectivity index (χ0) is 15.4. The first-order valence-electron chi connectivity index (χ1n) is 6.44. The molecule has 0 aliphatic carbocycles. The zero-order valence-electron chi connectivity index (χ0n) is 11.0. The Labute approximate surface area is 127 Å². The normalized spacial score (nSPS) is 30.3. The highest BCUT2D eigenvalue weighted by Crippen LogP contribution is 2.38. The molecule has 4 N–H and O–H groups in total. The van der Waals surface area contributed by atoms with E-state index >= 15 is 0 Å². The van der Waals surface area contributed by atoms with E-state index in [0.29, 0.717) is 0 Å². The average molecular weight is 325 g/mol. The first kappa shape index (κ1) is 13.4. The number of hydrogen-bond acceptors (Lipinski definition) is 9. The molecular weight excluding hydrogens is 314 g/mol. The van der Waals surface area contributed by atoms with E-state index in [0.717, 1.165) is 0 Å². The number of nitrogen functional groups attached to an aromatic ring is 1. The van der Waals surface area contributed by atoms with Gasteiger partial charge in [-0.3, -0.25) is 14.3 Å². The highest BCUT2D eigenvalue weighted by atomic mass is 32.1. The molecule has 116 valence electrons. The monoisotopic (exact) mass is 325 g/mol. The molecule has 0 radical (unpaired) electrons. The van der Waals surface area contributed by atoms with Crippen molar-refractivity contribution < 1.29 is 19.3 Å². The molecule has 2 fully saturated rings. The Morgan fingerprint density at radius 1 is 1.45 bits per heavy atom. The van der Waals surface area contributed by atoms with Gasteiger partial charge in [0.1, 0.15) is 6.10 Å². The van der Waals surface area contributed by atoms with E-state index in [-0.39, 0.29) is 29.0 Å². The molecule has 2 aromatic rings. The SMILES string of the molecule is Nc1nc2c(ncn2[C@@H]2O[C@H](CO)[C@H]3OC(=S)O[C@H]32)c(=O)[nH]1. The van der Waals surface area contributed by atoms with Crippen molar-refractivity contribution in [2.24, 2.45) is 0 Å². The number of H-pyrrole nitrogens is 1. The van der Waals surface area contributed by atoms with Gasteiger partial charge in [0.15, 0.2) is 29.6 Å². The van der Waals surface area contributed by atoms with Gasteiger partial charge in [0.25, 0.3) is 5.56 Å². The van der Waals surface area contributed by atoms with Crippen LogP contribution in [0.4, 0.5) is 5.95 Å². The third-order valence-electron chi connectivity index (χ3n) is 3.65. The number of rotatable bonds is 2. The van der Waals surface area contributed by atoms with Gasteiger partial charge in [-0.15, -0.1) is 0 Å². The molecule has 0 spiro atoms. The number of aromatic amines is 1. The molecule has 4 rings (SSSR count). The van der Waals surface area contributed by atoms with Crippen LogP contribution in [0, 0.1) is 0 Å². The Morgan fingerprint density at radius 3 is 3.00 bits per heavy atom. The van der Waals surface area contributed by atoms with Crippen LogP contribution in [0.5, 0.6) is 0 Å². The molecule has 2 aromatic heterocycles. The van der Waals surface area contributed by atoms with Crippen molar-refractivity contribution in [1.82, 2.24) is 19.5 Å². The van der Waals surface area contributed by atoms with E-state index in [1.165, 1.54) is 10.9 Å². The fraction of sp³-hybridized carbons (Fsp3) is 0.455. The van der Waals surface area contributed by atoms with Crippen molar-refractivity contribution in [2.75, 3.05) is 12.3 Å². The molecule has 2 saturated heterocycles. The second-order valence-electron chi connectivity index (χ2n) is 4.94. The number of fused-ring (bicyclic) bond motifs is 2. The Balaban J connectivity index is 1.82. The molecule has 10 nitrogen and oxygen atoms in total. The van der Waals surface area contributed by atoms with Crippen molar-refractivity contribution in [3.63, 3.8) is 0 Å². The Hall–Kier alpha value is -2.24. The van der Waals surface area contributed by atoms with Gasteiger partial charge in [0, 0.05) is 12.2 Å². The maximum Gasteiger partial charge on any atom is 0.353 e. The van der Waals surface area contributed by atoms with Gasteiger partial charge in [0.2, 0.25) is 5.95 Å². The second kappa shape index (κ2) is 4.63. The summed E-state index contributed by atoms with van der Waals surface area (Å²) in [5, 5.41) is 9.39. The van der Waals surface area contributed by atoms with Gasteiger partial charge in [0.05, 0.1) is 12.9 Å². The summed E-state index contributed by atoms with van der Waals surface area (Å²) >= 11 is 4.90. The third kappa shape index (κ3) is 1.79. The first-order valence-corrected chi connectivity index (χ1v) is 6.85. The van der Waals surface area contributed by atoms with Crippen LogP contribution in [0.1, 0.15) is 6.23 Å². The molecule has 2 aliphatic rings. The lowest BCUT2D eigenvalue weighted by molar-refractivity contribution is -0.0601. The van der Waals surface area contributed by atoms with Crippen LogP contribution in [-0.2, 0) is 14.2 Å². The lowest BCUT2D eigenvalue weighted by Gasteiger charge is -2.17. The summed E-state index contributed by atoms with van der Waals surface area (Å²) in [6, 6.07) is 0. The number of aliphatic hydroxyl groups excluding tert-OH is 1. The molecule has 2 aliphatic heterocycles. The van der Waals surface area contributed by atoms with E-state index in [1.54, 1.807) is 0 Å². The lowest BCUT2D eigenvalue weighted by Crippen LogP contribution is -2.30. The minimum Gasteiger partial charge on any atom is -0.446 e. The number of aromatic nitrogens is 4. The number of hydrogen-bond donors (Lipinski definition) is 3. The summed E-state index contributed by atoms with van der Waals surface area (Å²) in [4.78, 5) is 22.3. The van der Waals surface area contributed by atoms with Gasteiger partial charge in [-0.25, -0.2) is 4.98 Å². The van der Waals surface area contributed by atoms with Gasteiger partial charge in [-0.1, -0.05) is 0 Å². The van der Waals surface area contributed by atoms with Crippen LogP contribution in [0.15, 0.2) is 11.1 Å². The van der Waals surface area contributed by atoms with E-state index in [2.05, 4.69) is 15.0 Å². The largest absolute Gasteiger partial charge is 0.446 e. The van der Waals surface area contributed by atoms with E-state index in [4.69, 9.17) is 32.2 Å². The summed E-state index contributed by atoms with van der Waals surface area (Å²) in [7, 11) is 0. The van der Waals surface area contributed by atoms with Gasteiger partial charge >= 0.3 is 5.24 Å². The number of ether oxygens (including phenoxy) is 3. The molecular formula is C11H11N5O5S. The van der Waals surface area contributed by atoms with Crippen LogP contribution < -0.4 is 11.3 Å². The molecule has 4 atom stereocenters. The number of nitrogens with zero attached hydrogens (tertiary/aromatic N) is 3. The molecule has 0 bridgehead atoms. The van der Waals surface area contributed by atoms with Crippen LogP contribution in [0.25, 0.3) is 11.2 Å². The van der Waals surface area contributed by atoms with Crippen LogP contribution in [0.2, 0.25) is 0 Å². The third-order valence-corrected chi connectivity index (χ3v) is 3.85. The number of aliphatic hydroxyl groups is 1. The quantitative estimate of drug-likeness (QED) is 0.573. The number of anilines is 1. The van der Waals surface area contributed by atoms with Gasteiger partial charge in [-0.2, -0.15) is 4.98 Å². The van der Waals surface area contributed by atoms with Crippen molar-refractivity contribution in [2.45, 2.75) is 24.5 Å². The zero-order valence-corrected chi connectivity index (χ0v) is 11.8. The predicted molar refractivity (Wildman–Crippen MR) is 75.9 cm³/mol. The smallest absolute Gasteiger partial charge is 0.353 e. The van der Waals surface area contributed by atoms with E-state index in [1.807, 2.05) is 0 Å². The van der Waals surface area contributed by atoms with E-state index < -0.39 is 30.1 Å². The molecule has 0 aromatic carbocycles. The fourth-order valence-corrected chi connectivity index (χ4v) is 2.95. The molecule has 0 saturated carbocycles. The Bertz CT molecular complexity index is 819. The number of imidazole rings is 1. The molecule has 11 heteroatoms. The molecule has 0 unspecified atom stereocenters. The van der Waals surface area contributed by atoms with Gasteiger partial charge < -0.3 is 25.1 Å². The number of thiocarbonyl (C=S) groups is 1. The van der Waals surface area contributed by atoms with Crippen molar-refractivity contribution in [3.05, 3.63) is 16.7 Å². The second-order valence-corrected chi connectivity index (χ2v) is 5.27. The summed E-state index contributed by atoms with van der Waals surface area (Å²) < 4.78 is 18.0. The first-order chi connectivity index (χ1) is 10.6. The molecule has 4 heterocycles. The Morgan fingerprint density at radius 2 is 2.23 bits per heavy atom. The Kier molecular flexibility index (Phi) is 2.82. The number of nitrogens with two attached hydrogens (primary N) is 1. The molecule has 22 heavy (non-hydrogen) atoms. The van der Waals surface area contributed by atoms with Crippen LogP contribution in [-0.4, -0.2) is 54.8 Å². The molecule has 0 amide bonds. The standard InChI is InChI=1S/C11H11N5O5S/c12-10-14-7-4(8(18)15-10)13-2-16(7)9-6-5(3(1-17)19-9)20-11(22)21-6/h2-3,5-6,9,17H,1H2,(H3,12,14,15,18)/t3-,5-,6-,9-/m1/s1. The van der Waals surface area contributed by atoms with Crippen LogP contribution >= 0.6 is 12.2 Å². The highest BCUT2D eigenvalue weighted by Gasteiger charge is 2.53. The number of nitrogens with one attached hydrogen (secondary N) is 1. The maximum atomic E-state index is 11.8.